The molecule has 3 heteroatoms. The first kappa shape index (κ1) is 14.0. The number of aryl methyl sites for hydroxylation is 1. The van der Waals surface area contributed by atoms with E-state index >= 15 is 0 Å². The summed E-state index contributed by atoms with van der Waals surface area (Å²) in [6.45, 7) is 1.99. The van der Waals surface area contributed by atoms with Crippen LogP contribution < -0.4 is 4.74 Å². The number of carbonyl (C=O) groups excluding carboxylic acids is 1. The highest BCUT2D eigenvalue weighted by Gasteiger charge is 2.03. The highest BCUT2D eigenvalue weighted by molar-refractivity contribution is 6.04. The molecule has 3 nitrogen and oxygen atoms in total. The molecule has 0 aliphatic carbocycles. The maximum atomic E-state index is 12.0. The lowest BCUT2D eigenvalue weighted by Gasteiger charge is -2.03. The molecule has 0 unspecified atom stereocenters. The van der Waals surface area contributed by atoms with Crippen molar-refractivity contribution in [3.63, 3.8) is 0 Å². The lowest BCUT2D eigenvalue weighted by molar-refractivity contribution is 0.104. The first-order valence-corrected chi connectivity index (χ1v) is 7.02. The largest absolute Gasteiger partial charge is 0.463 e. The van der Waals surface area contributed by atoms with Gasteiger partial charge in [0.2, 0.25) is 0 Å². The molecule has 0 aliphatic rings. The van der Waals surface area contributed by atoms with E-state index in [4.69, 9.17) is 4.74 Å². The van der Waals surface area contributed by atoms with E-state index in [0.717, 1.165) is 16.5 Å². The molecule has 0 N–H and O–H groups in total. The maximum Gasteiger partial charge on any atom is 0.188 e. The van der Waals surface area contributed by atoms with Gasteiger partial charge in [-0.15, -0.1) is 0 Å². The van der Waals surface area contributed by atoms with E-state index in [-0.39, 0.29) is 5.78 Å². The number of hydrogen-bond donors (Lipinski definition) is 0. The number of benzene rings is 2. The average molecular weight is 289 g/mol. The van der Waals surface area contributed by atoms with Gasteiger partial charge in [-0.2, -0.15) is 0 Å². The predicted octanol–water partition coefficient (Wildman–Crippen LogP) is 4.32. The molecule has 0 spiro atoms. The van der Waals surface area contributed by atoms with Crippen molar-refractivity contribution in [2.45, 2.75) is 6.92 Å². The summed E-state index contributed by atoms with van der Waals surface area (Å²) in [6.07, 6.45) is 4.55. The van der Waals surface area contributed by atoms with Crippen molar-refractivity contribution in [1.29, 1.82) is 0 Å². The highest BCUT2D eigenvalue weighted by Crippen LogP contribution is 2.23. The summed E-state index contributed by atoms with van der Waals surface area (Å²) >= 11 is 0. The summed E-state index contributed by atoms with van der Waals surface area (Å²) in [5, 5.41) is 0.998. The fourth-order valence-corrected chi connectivity index (χ4v) is 2.15. The Kier molecular flexibility index (Phi) is 3.97. The van der Waals surface area contributed by atoms with Crippen LogP contribution in [0.15, 0.2) is 73.1 Å². The number of carbonyl (C=O) groups is 1. The summed E-state index contributed by atoms with van der Waals surface area (Å²) in [5.41, 5.74) is 2.54. The monoisotopic (exact) mass is 289 g/mol. The van der Waals surface area contributed by atoms with Crippen LogP contribution >= 0.6 is 0 Å². The smallest absolute Gasteiger partial charge is 0.188 e. The van der Waals surface area contributed by atoms with Crippen LogP contribution in [0.3, 0.4) is 0 Å². The number of fused-ring (bicyclic) bond motifs is 1. The van der Waals surface area contributed by atoms with Crippen LogP contribution in [0.2, 0.25) is 0 Å². The third kappa shape index (κ3) is 3.04. The number of para-hydroxylation sites is 1. The lowest BCUT2D eigenvalue weighted by atomic mass is 10.1. The number of nitrogens with zero attached hydrogens (tertiary/aromatic N) is 1. The quantitative estimate of drug-likeness (QED) is 0.408. The molecule has 0 aliphatic heterocycles. The van der Waals surface area contributed by atoms with Crippen LogP contribution in [0.25, 0.3) is 10.9 Å². The van der Waals surface area contributed by atoms with Gasteiger partial charge < -0.3 is 4.74 Å². The zero-order valence-corrected chi connectivity index (χ0v) is 12.2. The molecule has 1 heterocycles. The van der Waals surface area contributed by atoms with Gasteiger partial charge in [0.25, 0.3) is 0 Å². The van der Waals surface area contributed by atoms with E-state index in [9.17, 15) is 4.79 Å². The number of pyridine rings is 1. The van der Waals surface area contributed by atoms with Crippen molar-refractivity contribution in [3.8, 4) is 5.75 Å². The van der Waals surface area contributed by atoms with Crippen LogP contribution in [0.4, 0.5) is 0 Å². The SMILES string of the molecule is Cc1ccc(C(=O)C=COc2cccc3cccnc23)cc1. The van der Waals surface area contributed by atoms with E-state index in [1.54, 1.807) is 6.20 Å². The normalized spacial score (nSPS) is 11.0. The summed E-state index contributed by atoms with van der Waals surface area (Å²) < 4.78 is 5.57. The lowest BCUT2D eigenvalue weighted by Crippen LogP contribution is -1.95. The first-order chi connectivity index (χ1) is 10.7. The molecule has 3 aromatic rings. The molecule has 2 aromatic carbocycles. The van der Waals surface area contributed by atoms with Crippen LogP contribution in [0.5, 0.6) is 5.75 Å². The number of aromatic nitrogens is 1. The van der Waals surface area contributed by atoms with Crippen molar-refractivity contribution in [1.82, 2.24) is 4.98 Å². The molecular formula is C19H15NO2. The molecule has 0 saturated heterocycles. The Balaban J connectivity index is 1.76. The zero-order chi connectivity index (χ0) is 15.4. The number of hydrogen-bond acceptors (Lipinski definition) is 3. The molecule has 0 bridgehead atoms. The van der Waals surface area contributed by atoms with Crippen molar-refractivity contribution >= 4 is 16.7 Å². The summed E-state index contributed by atoms with van der Waals surface area (Å²) in [6, 6.07) is 17.0. The molecule has 0 saturated carbocycles. The molecule has 0 radical (unpaired) electrons. The van der Waals surface area contributed by atoms with Crippen molar-refractivity contribution < 1.29 is 9.53 Å². The fraction of sp³-hybridized carbons (Fsp3) is 0.0526. The van der Waals surface area contributed by atoms with Crippen LogP contribution in [-0.4, -0.2) is 10.8 Å². The van der Waals surface area contributed by atoms with Crippen molar-refractivity contribution in [3.05, 3.63) is 84.3 Å². The van der Waals surface area contributed by atoms with Crippen molar-refractivity contribution in [2.75, 3.05) is 0 Å². The summed E-state index contributed by atoms with van der Waals surface area (Å²) in [5.74, 6) is 0.541. The third-order valence-electron chi connectivity index (χ3n) is 3.35. The number of allylic oxidation sites excluding steroid dienone is 1. The second-order valence-electron chi connectivity index (χ2n) is 4.98. The Bertz CT molecular complexity index is 830. The zero-order valence-electron chi connectivity index (χ0n) is 12.2. The second-order valence-corrected chi connectivity index (χ2v) is 4.98. The molecule has 3 rings (SSSR count). The Hall–Kier alpha value is -2.94. The Morgan fingerprint density at radius 1 is 1.05 bits per heavy atom. The molecular weight excluding hydrogens is 274 g/mol. The molecule has 22 heavy (non-hydrogen) atoms. The van der Waals surface area contributed by atoms with E-state index in [1.807, 2.05) is 61.5 Å². The Morgan fingerprint density at radius 3 is 2.64 bits per heavy atom. The van der Waals surface area contributed by atoms with Crippen molar-refractivity contribution in [2.24, 2.45) is 0 Å². The van der Waals surface area contributed by atoms with Gasteiger partial charge in [0.15, 0.2) is 11.5 Å². The van der Waals surface area contributed by atoms with Crippen LogP contribution in [0.1, 0.15) is 15.9 Å². The van der Waals surface area contributed by atoms with E-state index in [2.05, 4.69) is 4.98 Å². The minimum Gasteiger partial charge on any atom is -0.463 e. The van der Waals surface area contributed by atoms with Gasteiger partial charge >= 0.3 is 0 Å². The van der Waals surface area contributed by atoms with Gasteiger partial charge in [0.05, 0.1) is 6.26 Å². The van der Waals surface area contributed by atoms with Gasteiger partial charge in [0, 0.05) is 23.2 Å². The molecule has 0 atom stereocenters. The molecule has 0 fully saturated rings. The number of ketones is 1. The predicted molar refractivity (Wildman–Crippen MR) is 87.0 cm³/mol. The number of ether oxygens (including phenoxy) is 1. The van der Waals surface area contributed by atoms with Gasteiger partial charge in [-0.3, -0.25) is 9.78 Å². The Morgan fingerprint density at radius 2 is 1.82 bits per heavy atom. The molecule has 1 aromatic heterocycles. The first-order valence-electron chi connectivity index (χ1n) is 7.02. The topological polar surface area (TPSA) is 39.2 Å². The van der Waals surface area contributed by atoms with Crippen LogP contribution in [-0.2, 0) is 0 Å². The molecule has 0 amide bonds. The van der Waals surface area contributed by atoms with Gasteiger partial charge in [-0.25, -0.2) is 0 Å². The average Bonchev–Trinajstić information content (AvgIpc) is 2.55. The van der Waals surface area contributed by atoms with Gasteiger partial charge in [-0.05, 0) is 19.1 Å². The minimum absolute atomic E-state index is 0.0896. The van der Waals surface area contributed by atoms with E-state index in [1.165, 1.54) is 12.3 Å². The van der Waals surface area contributed by atoms with E-state index in [0.29, 0.717) is 11.3 Å². The van der Waals surface area contributed by atoms with E-state index < -0.39 is 0 Å². The Labute approximate surface area is 128 Å². The minimum atomic E-state index is -0.0896. The van der Waals surface area contributed by atoms with Crippen LogP contribution in [0, 0.1) is 6.92 Å². The van der Waals surface area contributed by atoms with Gasteiger partial charge in [0.1, 0.15) is 5.52 Å². The number of rotatable bonds is 4. The van der Waals surface area contributed by atoms with Gasteiger partial charge in [-0.1, -0.05) is 48.0 Å². The summed E-state index contributed by atoms with van der Waals surface area (Å²) in [4.78, 5) is 16.3. The second kappa shape index (κ2) is 6.22. The maximum absolute atomic E-state index is 12.0. The highest BCUT2D eigenvalue weighted by atomic mass is 16.5. The fourth-order valence-electron chi connectivity index (χ4n) is 2.15. The molecule has 108 valence electrons. The third-order valence-corrected chi connectivity index (χ3v) is 3.35. The standard InChI is InChI=1S/C19H15NO2/c1-14-7-9-15(10-8-14)17(21)11-13-22-18-6-2-4-16-5-3-12-20-19(16)18/h2-13H,1H3. The summed E-state index contributed by atoms with van der Waals surface area (Å²) in [7, 11) is 0.